The molecule has 3 fully saturated rings. The van der Waals surface area contributed by atoms with Crippen molar-refractivity contribution < 1.29 is 14.0 Å². The molecule has 41 heavy (non-hydrogen) atoms. The molecule has 0 saturated heterocycles. The summed E-state index contributed by atoms with van der Waals surface area (Å²) in [6, 6.07) is 2.21. The Labute approximate surface area is 245 Å². The first-order chi connectivity index (χ1) is 19.1. The van der Waals surface area contributed by atoms with Crippen molar-refractivity contribution in [3.8, 4) is 6.07 Å². The Balaban J connectivity index is 1.51. The van der Waals surface area contributed by atoms with Gasteiger partial charge in [0.2, 0.25) is 11.8 Å². The smallest absolute Gasteiger partial charge is 0.222 e. The number of fused-ring (bicyclic) bond motifs is 7. The van der Waals surface area contributed by atoms with Crippen LogP contribution in [0.1, 0.15) is 119 Å². The third-order valence-corrected chi connectivity index (χ3v) is 13.2. The molecule has 0 amide bonds. The fourth-order valence-electron chi connectivity index (χ4n) is 10.8. The second-order valence-corrected chi connectivity index (χ2v) is 16.2. The fraction of sp³-hybridized carbons (Fsp3) is 0.743. The van der Waals surface area contributed by atoms with Crippen LogP contribution in [0.15, 0.2) is 27.7 Å². The zero-order valence-corrected chi connectivity index (χ0v) is 26.3. The van der Waals surface area contributed by atoms with Gasteiger partial charge in [-0.25, -0.2) is 0 Å². The van der Waals surface area contributed by atoms with Crippen LogP contribution >= 0.6 is 0 Å². The van der Waals surface area contributed by atoms with Gasteiger partial charge in [-0.2, -0.15) is 5.26 Å². The number of allylic oxidation sites excluding steroid dienone is 4. The quantitative estimate of drug-likeness (QED) is 0.382. The number of carbonyl (C=O) groups is 2. The van der Waals surface area contributed by atoms with Crippen LogP contribution < -0.4 is 0 Å². The van der Waals surface area contributed by atoms with Gasteiger partial charge in [0.05, 0.1) is 11.0 Å². The van der Waals surface area contributed by atoms with Gasteiger partial charge in [-0.3, -0.25) is 9.59 Å². The highest BCUT2D eigenvalue weighted by Gasteiger charge is 2.70. The summed E-state index contributed by atoms with van der Waals surface area (Å²) in [4.78, 5) is 28.0. The van der Waals surface area contributed by atoms with Crippen LogP contribution in [0, 0.1) is 56.2 Å². The van der Waals surface area contributed by atoms with E-state index < -0.39 is 10.8 Å². The van der Waals surface area contributed by atoms with Crippen molar-refractivity contribution in [2.45, 2.75) is 119 Å². The minimum atomic E-state index is -0.652. The number of aromatic nitrogens is 2. The molecule has 6 nitrogen and oxygen atoms in total. The maximum absolute atomic E-state index is 14.7. The Morgan fingerprint density at radius 2 is 1.71 bits per heavy atom. The summed E-state index contributed by atoms with van der Waals surface area (Å²) < 4.78 is 6.40. The van der Waals surface area contributed by atoms with E-state index in [0.29, 0.717) is 5.89 Å². The molecule has 7 atom stereocenters. The minimum absolute atomic E-state index is 0.0542. The summed E-state index contributed by atoms with van der Waals surface area (Å²) in [7, 11) is 0. The van der Waals surface area contributed by atoms with E-state index in [0.717, 1.165) is 69.3 Å². The lowest BCUT2D eigenvalue weighted by molar-refractivity contribution is -0.161. The summed E-state index contributed by atoms with van der Waals surface area (Å²) in [6.07, 6.45) is 12.3. The standard InChI is InChI=1S/C35H47N3O3/c1-9-10-26-37-38-29(41-26)35-15-13-30(2,3)19-22(35)27-23(39)17-25-32(6)18-21(20-36)28(40)31(4,5)24(32)11-12-33(25,7)34(27,8)14-16-35/h17-18,22,24,27H,9-16,19H2,1-8H3/t22-,24-,27-,32-,33+,34+,35-/m0/s1. The van der Waals surface area contributed by atoms with Crippen LogP contribution in [0.5, 0.6) is 0 Å². The van der Waals surface area contributed by atoms with Crippen LogP contribution in [-0.2, 0) is 21.4 Å². The first-order valence-corrected chi connectivity index (χ1v) is 15.9. The average molecular weight is 558 g/mol. The number of nitrogens with zero attached hydrogens (tertiary/aromatic N) is 3. The third kappa shape index (κ3) is 3.59. The van der Waals surface area contributed by atoms with E-state index in [1.807, 2.05) is 26.0 Å². The summed E-state index contributed by atoms with van der Waals surface area (Å²) in [6.45, 7) is 17.8. The molecular formula is C35H47N3O3. The van der Waals surface area contributed by atoms with E-state index in [9.17, 15) is 14.9 Å². The Morgan fingerprint density at radius 1 is 1.00 bits per heavy atom. The molecule has 0 unspecified atom stereocenters. The lowest BCUT2D eigenvalue weighted by atomic mass is 9.34. The lowest BCUT2D eigenvalue weighted by Crippen LogP contribution is -2.65. The largest absolute Gasteiger partial charge is 0.425 e. The molecule has 5 aliphatic rings. The average Bonchev–Trinajstić information content (AvgIpc) is 3.37. The molecule has 0 aliphatic heterocycles. The topological polar surface area (TPSA) is 96.9 Å². The lowest BCUT2D eigenvalue weighted by Gasteiger charge is -2.68. The van der Waals surface area contributed by atoms with Crippen molar-refractivity contribution >= 4 is 11.6 Å². The van der Waals surface area contributed by atoms with E-state index in [1.54, 1.807) is 0 Å². The number of aryl methyl sites for hydroxylation is 1. The van der Waals surface area contributed by atoms with Crippen LogP contribution in [0.25, 0.3) is 0 Å². The van der Waals surface area contributed by atoms with Gasteiger partial charge in [-0.15, -0.1) is 10.2 Å². The molecule has 0 radical (unpaired) electrons. The predicted molar refractivity (Wildman–Crippen MR) is 156 cm³/mol. The van der Waals surface area contributed by atoms with Crippen molar-refractivity contribution in [3.63, 3.8) is 0 Å². The van der Waals surface area contributed by atoms with Gasteiger partial charge in [0, 0.05) is 23.2 Å². The van der Waals surface area contributed by atoms with E-state index in [2.05, 4.69) is 57.8 Å². The maximum Gasteiger partial charge on any atom is 0.222 e. The highest BCUT2D eigenvalue weighted by atomic mass is 16.4. The van der Waals surface area contributed by atoms with E-state index in [4.69, 9.17) is 4.42 Å². The summed E-state index contributed by atoms with van der Waals surface area (Å²) >= 11 is 0. The van der Waals surface area contributed by atoms with Gasteiger partial charge in [-0.05, 0) is 85.5 Å². The van der Waals surface area contributed by atoms with Crippen LogP contribution in [-0.4, -0.2) is 21.8 Å². The van der Waals surface area contributed by atoms with Gasteiger partial charge < -0.3 is 4.42 Å². The second-order valence-electron chi connectivity index (χ2n) is 16.2. The Morgan fingerprint density at radius 3 is 2.39 bits per heavy atom. The highest BCUT2D eigenvalue weighted by Crippen LogP contribution is 2.74. The zero-order valence-electron chi connectivity index (χ0n) is 26.3. The van der Waals surface area contributed by atoms with E-state index in [-0.39, 0.29) is 56.6 Å². The SMILES string of the molecule is CCCc1nnc([C@]23CCC(C)(C)C[C@H]2[C@H]2C(=O)C=C4[C@@]5(C)C=C(C#N)C(=O)C(C)(C)[C@@H]5CC[C@@]4(C)[C@]2(C)CC3)o1. The molecule has 1 heterocycles. The number of ketones is 2. The third-order valence-electron chi connectivity index (χ3n) is 13.2. The van der Waals surface area contributed by atoms with Gasteiger partial charge in [0.25, 0.3) is 0 Å². The molecule has 0 N–H and O–H groups in total. The molecule has 6 heteroatoms. The first-order valence-electron chi connectivity index (χ1n) is 15.9. The molecule has 1 aromatic heterocycles. The van der Waals surface area contributed by atoms with Gasteiger partial charge in [-0.1, -0.05) is 67.0 Å². The molecular weight excluding hydrogens is 510 g/mol. The van der Waals surface area contributed by atoms with Crippen LogP contribution in [0.2, 0.25) is 0 Å². The minimum Gasteiger partial charge on any atom is -0.425 e. The molecule has 0 spiro atoms. The monoisotopic (exact) mass is 557 g/mol. The normalized spacial score (nSPS) is 42.6. The van der Waals surface area contributed by atoms with E-state index in [1.165, 1.54) is 0 Å². The molecule has 3 saturated carbocycles. The Hall–Kier alpha value is -2.55. The molecule has 5 aliphatic carbocycles. The predicted octanol–water partition coefficient (Wildman–Crippen LogP) is 7.49. The van der Waals surface area contributed by atoms with Gasteiger partial charge in [0.15, 0.2) is 11.6 Å². The van der Waals surface area contributed by atoms with Crippen molar-refractivity contribution in [3.05, 3.63) is 35.1 Å². The molecule has 0 aromatic carbocycles. The van der Waals surface area contributed by atoms with E-state index >= 15 is 0 Å². The number of Topliss-reactive ketones (excluding diaryl/α,β-unsaturated/α-hetero) is 1. The highest BCUT2D eigenvalue weighted by molar-refractivity contribution is 6.04. The molecule has 0 bridgehead atoms. The second kappa shape index (κ2) is 8.74. The first kappa shape index (κ1) is 28.6. The number of hydrogen-bond acceptors (Lipinski definition) is 6. The van der Waals surface area contributed by atoms with Crippen molar-refractivity contribution in [2.75, 3.05) is 0 Å². The summed E-state index contributed by atoms with van der Waals surface area (Å²) in [5, 5.41) is 19.0. The number of nitriles is 1. The summed E-state index contributed by atoms with van der Waals surface area (Å²) in [5.74, 6) is 1.65. The van der Waals surface area contributed by atoms with Crippen LogP contribution in [0.4, 0.5) is 0 Å². The number of hydrogen-bond donors (Lipinski definition) is 0. The van der Waals surface area contributed by atoms with Crippen molar-refractivity contribution in [1.29, 1.82) is 5.26 Å². The van der Waals surface area contributed by atoms with Crippen molar-refractivity contribution in [1.82, 2.24) is 10.2 Å². The number of rotatable bonds is 3. The van der Waals surface area contributed by atoms with Gasteiger partial charge in [0.1, 0.15) is 6.07 Å². The Kier molecular flexibility index (Phi) is 6.09. The molecule has 1 aromatic rings. The molecule has 220 valence electrons. The number of carbonyl (C=O) groups excluding carboxylic acids is 2. The Bertz CT molecular complexity index is 1420. The van der Waals surface area contributed by atoms with Crippen molar-refractivity contribution in [2.24, 2.45) is 44.8 Å². The van der Waals surface area contributed by atoms with Gasteiger partial charge >= 0.3 is 0 Å². The molecule has 6 rings (SSSR count). The fourth-order valence-corrected chi connectivity index (χ4v) is 10.8. The van der Waals surface area contributed by atoms with Crippen LogP contribution in [0.3, 0.4) is 0 Å². The maximum atomic E-state index is 14.7. The summed E-state index contributed by atoms with van der Waals surface area (Å²) in [5.41, 5.74) is -0.390. The zero-order chi connectivity index (χ0) is 29.8.